The van der Waals surface area contributed by atoms with Gasteiger partial charge < -0.3 is 0 Å². The number of non-ortho nitro benzene ring substituents is 1. The molecule has 19 heavy (non-hydrogen) atoms. The Bertz CT molecular complexity index is 471. The van der Waals surface area contributed by atoms with Crippen LogP contribution in [0, 0.1) is 10.1 Å². The Morgan fingerprint density at radius 3 is 2.32 bits per heavy atom. The quantitative estimate of drug-likeness (QED) is 0.630. The van der Waals surface area contributed by atoms with Gasteiger partial charge in [-0.3, -0.25) is 14.3 Å². The van der Waals surface area contributed by atoms with Gasteiger partial charge in [0, 0.05) is 12.1 Å². The van der Waals surface area contributed by atoms with Gasteiger partial charge in [-0.2, -0.15) is 0 Å². The van der Waals surface area contributed by atoms with Crippen LogP contribution >= 0.6 is 0 Å². The molecular formula is C12H14FNO4S. The molecule has 0 heterocycles. The zero-order valence-electron chi connectivity index (χ0n) is 10.2. The highest BCUT2D eigenvalue weighted by Gasteiger charge is 2.23. The van der Waals surface area contributed by atoms with Crippen LogP contribution in [0.5, 0.6) is 0 Å². The average Bonchev–Trinajstić information content (AvgIpc) is 2.41. The maximum atomic E-state index is 12.9. The minimum absolute atomic E-state index is 0.0568. The SMILES string of the molecule is O=[N+]([O-])c1ccc(S(=O)OC2CCC(F)CC2)cc1. The second-order valence-corrected chi connectivity index (χ2v) is 5.59. The third-order valence-electron chi connectivity index (χ3n) is 3.07. The number of rotatable bonds is 4. The number of hydrogen-bond acceptors (Lipinski definition) is 4. The van der Waals surface area contributed by atoms with E-state index in [1.54, 1.807) is 0 Å². The molecule has 0 bridgehead atoms. The van der Waals surface area contributed by atoms with E-state index in [0.29, 0.717) is 30.6 Å². The van der Waals surface area contributed by atoms with Crippen molar-refractivity contribution in [1.82, 2.24) is 0 Å². The van der Waals surface area contributed by atoms with E-state index in [9.17, 15) is 18.7 Å². The number of nitro groups is 1. The van der Waals surface area contributed by atoms with E-state index in [1.165, 1.54) is 24.3 Å². The highest BCUT2D eigenvalue weighted by atomic mass is 32.2. The number of hydrogen-bond donors (Lipinski definition) is 0. The lowest BCUT2D eigenvalue weighted by atomic mass is 9.96. The van der Waals surface area contributed by atoms with Crippen LogP contribution in [0.25, 0.3) is 0 Å². The summed E-state index contributed by atoms with van der Waals surface area (Å²) in [6.45, 7) is 0. The van der Waals surface area contributed by atoms with Crippen LogP contribution < -0.4 is 0 Å². The monoisotopic (exact) mass is 287 g/mol. The van der Waals surface area contributed by atoms with Crippen molar-refractivity contribution < 1.29 is 17.7 Å². The Balaban J connectivity index is 1.94. The Kier molecular flexibility index (Phi) is 4.60. The lowest BCUT2D eigenvalue weighted by molar-refractivity contribution is -0.384. The van der Waals surface area contributed by atoms with Crippen molar-refractivity contribution >= 4 is 16.8 Å². The Hall–Kier alpha value is -1.34. The Labute approximate surface area is 112 Å². The molecule has 0 aromatic heterocycles. The van der Waals surface area contributed by atoms with Crippen molar-refractivity contribution in [2.75, 3.05) is 0 Å². The van der Waals surface area contributed by atoms with Gasteiger partial charge in [0.05, 0.1) is 15.9 Å². The molecule has 1 fully saturated rings. The van der Waals surface area contributed by atoms with Gasteiger partial charge in [-0.25, -0.2) is 8.60 Å². The van der Waals surface area contributed by atoms with Crippen LogP contribution in [0.2, 0.25) is 0 Å². The molecule has 0 radical (unpaired) electrons. The largest absolute Gasteiger partial charge is 0.283 e. The molecule has 0 aliphatic heterocycles. The van der Waals surface area contributed by atoms with Gasteiger partial charge >= 0.3 is 0 Å². The molecule has 1 aliphatic rings. The minimum atomic E-state index is -1.66. The van der Waals surface area contributed by atoms with E-state index in [4.69, 9.17) is 4.18 Å². The molecule has 0 saturated heterocycles. The number of halogens is 1. The molecule has 1 unspecified atom stereocenters. The fourth-order valence-corrected chi connectivity index (χ4v) is 2.89. The molecule has 1 aromatic rings. The van der Waals surface area contributed by atoms with Crippen LogP contribution in [0.4, 0.5) is 10.1 Å². The van der Waals surface area contributed by atoms with E-state index >= 15 is 0 Å². The van der Waals surface area contributed by atoms with Crippen LogP contribution in [0.1, 0.15) is 25.7 Å². The normalized spacial score (nSPS) is 24.9. The summed E-state index contributed by atoms with van der Waals surface area (Å²) in [4.78, 5) is 10.4. The lowest BCUT2D eigenvalue weighted by Crippen LogP contribution is -2.23. The Morgan fingerprint density at radius 1 is 1.21 bits per heavy atom. The first kappa shape index (κ1) is 14.1. The van der Waals surface area contributed by atoms with Crippen molar-refractivity contribution in [2.24, 2.45) is 0 Å². The number of nitro benzene ring substituents is 1. The zero-order chi connectivity index (χ0) is 13.8. The predicted octanol–water partition coefficient (Wildman–Crippen LogP) is 2.91. The third-order valence-corrected chi connectivity index (χ3v) is 4.17. The molecule has 1 aromatic carbocycles. The van der Waals surface area contributed by atoms with Crippen molar-refractivity contribution in [3.63, 3.8) is 0 Å². The van der Waals surface area contributed by atoms with Crippen molar-refractivity contribution in [1.29, 1.82) is 0 Å². The molecule has 104 valence electrons. The third kappa shape index (κ3) is 3.81. The summed E-state index contributed by atoms with van der Waals surface area (Å²) in [6.07, 6.45) is 0.986. The van der Waals surface area contributed by atoms with Gasteiger partial charge in [-0.15, -0.1) is 0 Å². The first-order valence-corrected chi connectivity index (χ1v) is 7.11. The summed E-state index contributed by atoms with van der Waals surface area (Å²) in [6, 6.07) is 5.40. The number of benzene rings is 1. The van der Waals surface area contributed by atoms with Crippen LogP contribution in [-0.4, -0.2) is 21.4 Å². The minimum Gasteiger partial charge on any atom is -0.283 e. The molecule has 0 amide bonds. The van der Waals surface area contributed by atoms with E-state index in [-0.39, 0.29) is 11.8 Å². The zero-order valence-corrected chi connectivity index (χ0v) is 11.0. The molecule has 0 N–H and O–H groups in total. The molecule has 1 aliphatic carbocycles. The smallest absolute Gasteiger partial charge is 0.269 e. The summed E-state index contributed by atoms with van der Waals surface area (Å²) >= 11 is -1.66. The maximum absolute atomic E-state index is 12.9. The molecule has 7 heteroatoms. The first-order valence-electron chi connectivity index (χ1n) is 6.03. The number of nitrogens with zero attached hydrogens (tertiary/aromatic N) is 1. The van der Waals surface area contributed by atoms with Crippen LogP contribution in [0.3, 0.4) is 0 Å². The second kappa shape index (κ2) is 6.21. The van der Waals surface area contributed by atoms with Crippen LogP contribution in [0.15, 0.2) is 29.2 Å². The van der Waals surface area contributed by atoms with E-state index in [1.807, 2.05) is 0 Å². The van der Waals surface area contributed by atoms with Crippen molar-refractivity contribution in [2.45, 2.75) is 42.9 Å². The average molecular weight is 287 g/mol. The highest BCUT2D eigenvalue weighted by molar-refractivity contribution is 7.80. The van der Waals surface area contributed by atoms with Gasteiger partial charge in [0.25, 0.3) is 5.69 Å². The number of alkyl halides is 1. The molecule has 5 nitrogen and oxygen atoms in total. The summed E-state index contributed by atoms with van der Waals surface area (Å²) in [5.41, 5.74) is -0.0568. The fourth-order valence-electron chi connectivity index (χ4n) is 1.98. The summed E-state index contributed by atoms with van der Waals surface area (Å²) in [5.74, 6) is 0. The molecule has 2 rings (SSSR count). The maximum Gasteiger partial charge on any atom is 0.269 e. The van der Waals surface area contributed by atoms with Crippen molar-refractivity contribution in [3.05, 3.63) is 34.4 Å². The summed E-state index contributed by atoms with van der Waals surface area (Å²) in [5, 5.41) is 10.5. The fraction of sp³-hybridized carbons (Fsp3) is 0.500. The standard InChI is InChI=1S/C12H14FNO4S/c13-9-1-5-11(6-2-9)18-19(17)12-7-3-10(4-8-12)14(15)16/h3-4,7-9,11H,1-2,5-6H2. The first-order chi connectivity index (χ1) is 9.06. The predicted molar refractivity (Wildman–Crippen MR) is 67.7 cm³/mol. The molecule has 0 spiro atoms. The van der Waals surface area contributed by atoms with Gasteiger partial charge in [0.15, 0.2) is 11.1 Å². The molecule has 1 saturated carbocycles. The van der Waals surface area contributed by atoms with Gasteiger partial charge in [0.2, 0.25) is 0 Å². The topological polar surface area (TPSA) is 69.4 Å². The van der Waals surface area contributed by atoms with Gasteiger partial charge in [-0.1, -0.05) is 0 Å². The van der Waals surface area contributed by atoms with Crippen molar-refractivity contribution in [3.8, 4) is 0 Å². The van der Waals surface area contributed by atoms with Crippen LogP contribution in [-0.2, 0) is 15.3 Å². The molecular weight excluding hydrogens is 273 g/mol. The highest BCUT2D eigenvalue weighted by Crippen LogP contribution is 2.25. The summed E-state index contributed by atoms with van der Waals surface area (Å²) < 4.78 is 30.2. The Morgan fingerprint density at radius 2 is 1.79 bits per heavy atom. The van der Waals surface area contributed by atoms with E-state index < -0.39 is 22.2 Å². The second-order valence-electron chi connectivity index (χ2n) is 4.46. The van der Waals surface area contributed by atoms with Gasteiger partial charge in [-0.05, 0) is 37.8 Å². The van der Waals surface area contributed by atoms with Gasteiger partial charge in [0.1, 0.15) is 6.17 Å². The molecule has 1 atom stereocenters. The van der Waals surface area contributed by atoms with E-state index in [0.717, 1.165) is 0 Å². The summed E-state index contributed by atoms with van der Waals surface area (Å²) in [7, 11) is 0. The lowest BCUT2D eigenvalue weighted by Gasteiger charge is -2.23. The van der Waals surface area contributed by atoms with E-state index in [2.05, 4.69) is 0 Å².